The number of ether oxygens (including phenoxy) is 1. The Morgan fingerprint density at radius 3 is 2.65 bits per heavy atom. The smallest absolute Gasteiger partial charge is 0.310 e. The number of esters is 1. The maximum absolute atomic E-state index is 12.0. The lowest BCUT2D eigenvalue weighted by Gasteiger charge is -2.30. The van der Waals surface area contributed by atoms with Crippen molar-refractivity contribution in [1.29, 1.82) is 0 Å². The summed E-state index contributed by atoms with van der Waals surface area (Å²) in [6.07, 6.45) is 3.01. The Kier molecular flexibility index (Phi) is 3.73. The number of nitrogens with zero attached hydrogens (tertiary/aromatic N) is 1. The van der Waals surface area contributed by atoms with Crippen LogP contribution in [0.5, 0.6) is 0 Å². The van der Waals surface area contributed by atoms with Gasteiger partial charge in [0.2, 0.25) is 10.0 Å². The highest BCUT2D eigenvalue weighted by Gasteiger charge is 2.42. The molecule has 2 fully saturated rings. The largest absolute Gasteiger partial charge is 0.466 e. The first kappa shape index (κ1) is 12.8. The summed E-state index contributed by atoms with van der Waals surface area (Å²) in [5.41, 5.74) is 0. The quantitative estimate of drug-likeness (QED) is 0.701. The van der Waals surface area contributed by atoms with Crippen LogP contribution >= 0.6 is 0 Å². The molecule has 1 aliphatic carbocycles. The summed E-state index contributed by atoms with van der Waals surface area (Å²) in [5.74, 6) is -0.541. The van der Waals surface area contributed by atoms with Gasteiger partial charge in [-0.25, -0.2) is 12.7 Å². The zero-order valence-corrected chi connectivity index (χ0v) is 10.9. The molecule has 0 aromatic heterocycles. The first-order valence-electron chi connectivity index (χ1n) is 6.21. The molecule has 0 unspecified atom stereocenters. The SMILES string of the molecule is CCOC(=O)[C@H]1CCCN(S(=O)(=O)C2CC2)C1. The maximum Gasteiger partial charge on any atom is 0.310 e. The fraction of sp³-hybridized carbons (Fsp3) is 0.909. The molecule has 1 atom stereocenters. The van der Waals surface area contributed by atoms with Crippen molar-refractivity contribution in [3.05, 3.63) is 0 Å². The molecule has 0 bridgehead atoms. The molecule has 2 rings (SSSR count). The van der Waals surface area contributed by atoms with Gasteiger partial charge in [-0.2, -0.15) is 0 Å². The van der Waals surface area contributed by atoms with Crippen LogP contribution in [0.2, 0.25) is 0 Å². The minimum absolute atomic E-state index is 0.191. The van der Waals surface area contributed by atoms with Gasteiger partial charge in [0.05, 0.1) is 17.8 Å². The van der Waals surface area contributed by atoms with Gasteiger partial charge in [-0.1, -0.05) is 0 Å². The highest BCUT2D eigenvalue weighted by atomic mass is 32.2. The summed E-state index contributed by atoms with van der Waals surface area (Å²) in [4.78, 5) is 11.6. The van der Waals surface area contributed by atoms with Crippen LogP contribution in [-0.4, -0.2) is 43.6 Å². The van der Waals surface area contributed by atoms with E-state index in [1.54, 1.807) is 6.92 Å². The van der Waals surface area contributed by atoms with E-state index in [9.17, 15) is 13.2 Å². The van der Waals surface area contributed by atoms with Crippen LogP contribution in [0.25, 0.3) is 0 Å². The van der Waals surface area contributed by atoms with Crippen LogP contribution in [0.4, 0.5) is 0 Å². The summed E-state index contributed by atoms with van der Waals surface area (Å²) in [6.45, 7) is 2.97. The Balaban J connectivity index is 1.99. The standard InChI is InChI=1S/C11H19NO4S/c1-2-16-11(13)9-4-3-7-12(8-9)17(14,15)10-5-6-10/h9-10H,2-8H2,1H3/t9-/m0/s1. The number of hydrogen-bond donors (Lipinski definition) is 0. The summed E-state index contributed by atoms with van der Waals surface area (Å²) in [5, 5.41) is -0.191. The van der Waals surface area contributed by atoms with Gasteiger partial charge >= 0.3 is 5.97 Å². The van der Waals surface area contributed by atoms with E-state index >= 15 is 0 Å². The fourth-order valence-corrected chi connectivity index (χ4v) is 4.13. The summed E-state index contributed by atoms with van der Waals surface area (Å²) in [7, 11) is -3.14. The van der Waals surface area contributed by atoms with E-state index in [4.69, 9.17) is 4.74 Å². The lowest BCUT2D eigenvalue weighted by molar-refractivity contribution is -0.149. The molecule has 5 nitrogen and oxygen atoms in total. The lowest BCUT2D eigenvalue weighted by Crippen LogP contribution is -2.44. The predicted octanol–water partition coefficient (Wildman–Crippen LogP) is 0.754. The normalized spacial score (nSPS) is 26.8. The Labute approximate surface area is 102 Å². The van der Waals surface area contributed by atoms with Crippen molar-refractivity contribution >= 4 is 16.0 Å². The number of rotatable bonds is 4. The van der Waals surface area contributed by atoms with Gasteiger partial charge < -0.3 is 4.74 Å². The van der Waals surface area contributed by atoms with E-state index in [1.165, 1.54) is 4.31 Å². The zero-order chi connectivity index (χ0) is 12.5. The summed E-state index contributed by atoms with van der Waals surface area (Å²) >= 11 is 0. The maximum atomic E-state index is 12.0. The summed E-state index contributed by atoms with van der Waals surface area (Å²) < 4.78 is 30.5. The Morgan fingerprint density at radius 2 is 2.06 bits per heavy atom. The monoisotopic (exact) mass is 261 g/mol. The molecule has 17 heavy (non-hydrogen) atoms. The van der Waals surface area contributed by atoms with Crippen molar-refractivity contribution in [2.75, 3.05) is 19.7 Å². The molecule has 0 radical (unpaired) electrons. The zero-order valence-electron chi connectivity index (χ0n) is 10.1. The molecule has 0 aromatic rings. The molecular weight excluding hydrogens is 242 g/mol. The second-order valence-corrected chi connectivity index (χ2v) is 6.91. The molecule has 0 amide bonds. The van der Waals surface area contributed by atoms with E-state index in [2.05, 4.69) is 0 Å². The summed E-state index contributed by atoms with van der Waals surface area (Å²) in [6, 6.07) is 0. The van der Waals surface area contributed by atoms with Crippen molar-refractivity contribution in [3.8, 4) is 0 Å². The van der Waals surface area contributed by atoms with Crippen LogP contribution in [0.15, 0.2) is 0 Å². The molecule has 1 saturated heterocycles. The fourth-order valence-electron chi connectivity index (χ4n) is 2.20. The van der Waals surface area contributed by atoms with Gasteiger partial charge in [0.1, 0.15) is 0 Å². The second kappa shape index (κ2) is 4.94. The van der Waals surface area contributed by atoms with Crippen LogP contribution in [0.3, 0.4) is 0 Å². The van der Waals surface area contributed by atoms with Crippen molar-refractivity contribution in [2.24, 2.45) is 5.92 Å². The number of hydrogen-bond acceptors (Lipinski definition) is 4. The molecule has 0 N–H and O–H groups in total. The number of carbonyl (C=O) groups is 1. The van der Waals surface area contributed by atoms with Gasteiger partial charge in [-0.05, 0) is 32.6 Å². The third-order valence-electron chi connectivity index (χ3n) is 3.31. The minimum atomic E-state index is -3.14. The Morgan fingerprint density at radius 1 is 1.35 bits per heavy atom. The van der Waals surface area contributed by atoms with E-state index in [0.29, 0.717) is 19.7 Å². The van der Waals surface area contributed by atoms with Crippen molar-refractivity contribution in [1.82, 2.24) is 4.31 Å². The number of sulfonamides is 1. The van der Waals surface area contributed by atoms with Crippen LogP contribution in [0, 0.1) is 5.92 Å². The van der Waals surface area contributed by atoms with Crippen LogP contribution in [-0.2, 0) is 19.6 Å². The topological polar surface area (TPSA) is 63.7 Å². The Bertz CT molecular complexity index is 388. The van der Waals surface area contributed by atoms with Crippen molar-refractivity contribution in [2.45, 2.75) is 37.9 Å². The highest BCUT2D eigenvalue weighted by Crippen LogP contribution is 2.33. The Hall–Kier alpha value is -0.620. The molecule has 0 spiro atoms. The molecule has 2 aliphatic rings. The number of piperidine rings is 1. The van der Waals surface area contributed by atoms with E-state index in [1.807, 2.05) is 0 Å². The molecule has 1 saturated carbocycles. The van der Waals surface area contributed by atoms with Crippen LogP contribution < -0.4 is 0 Å². The minimum Gasteiger partial charge on any atom is -0.466 e. The van der Waals surface area contributed by atoms with Gasteiger partial charge in [-0.3, -0.25) is 4.79 Å². The highest BCUT2D eigenvalue weighted by molar-refractivity contribution is 7.90. The van der Waals surface area contributed by atoms with E-state index in [0.717, 1.165) is 25.7 Å². The third kappa shape index (κ3) is 2.80. The third-order valence-corrected chi connectivity index (χ3v) is 5.67. The molecule has 1 heterocycles. The second-order valence-electron chi connectivity index (χ2n) is 4.69. The van der Waals surface area contributed by atoms with Gasteiger partial charge in [0.25, 0.3) is 0 Å². The van der Waals surface area contributed by atoms with Gasteiger partial charge in [-0.15, -0.1) is 0 Å². The molecule has 6 heteroatoms. The van der Waals surface area contributed by atoms with Crippen LogP contribution in [0.1, 0.15) is 32.6 Å². The molecule has 0 aromatic carbocycles. The average molecular weight is 261 g/mol. The predicted molar refractivity (Wildman–Crippen MR) is 62.9 cm³/mol. The average Bonchev–Trinajstić information content (AvgIpc) is 3.13. The lowest BCUT2D eigenvalue weighted by atomic mass is 10.0. The van der Waals surface area contributed by atoms with Crippen molar-refractivity contribution in [3.63, 3.8) is 0 Å². The van der Waals surface area contributed by atoms with Gasteiger partial charge in [0.15, 0.2) is 0 Å². The first-order chi connectivity index (χ1) is 8.05. The molecule has 1 aliphatic heterocycles. The van der Waals surface area contributed by atoms with E-state index < -0.39 is 10.0 Å². The van der Waals surface area contributed by atoms with E-state index in [-0.39, 0.29) is 17.1 Å². The molecule has 98 valence electrons. The van der Waals surface area contributed by atoms with Crippen molar-refractivity contribution < 1.29 is 17.9 Å². The number of carbonyl (C=O) groups excluding carboxylic acids is 1. The van der Waals surface area contributed by atoms with Gasteiger partial charge in [0, 0.05) is 13.1 Å². The molecular formula is C11H19NO4S. The first-order valence-corrected chi connectivity index (χ1v) is 7.71.